The highest BCUT2D eigenvalue weighted by Crippen LogP contribution is 2.33. The van der Waals surface area contributed by atoms with Gasteiger partial charge in [0.25, 0.3) is 0 Å². The van der Waals surface area contributed by atoms with E-state index in [0.29, 0.717) is 0 Å². The summed E-state index contributed by atoms with van der Waals surface area (Å²) in [6, 6.07) is 13.2. The van der Waals surface area contributed by atoms with Crippen molar-refractivity contribution in [1.82, 2.24) is 4.90 Å². The van der Waals surface area contributed by atoms with Gasteiger partial charge in [-0.25, -0.2) is 4.39 Å². The van der Waals surface area contributed by atoms with Crippen LogP contribution in [0.15, 0.2) is 54.7 Å². The number of nitrogens with one attached hydrogen (secondary N) is 1. The van der Waals surface area contributed by atoms with Crippen molar-refractivity contribution in [1.29, 1.82) is 0 Å². The molecular formula is C19H17FN2O2. The predicted octanol–water partition coefficient (Wildman–Crippen LogP) is 3.73. The minimum Gasteiger partial charge on any atom is -0.324 e. The SMILES string of the molecule is CC(=O)N1C=Cc2ccccc2C1CC(=O)Nc1ccccc1F. The summed E-state index contributed by atoms with van der Waals surface area (Å²) in [5.74, 6) is -0.982. The summed E-state index contributed by atoms with van der Waals surface area (Å²) in [6.45, 7) is 1.46. The van der Waals surface area contributed by atoms with E-state index in [1.54, 1.807) is 18.3 Å². The maximum Gasteiger partial charge on any atom is 0.226 e. The zero-order valence-corrected chi connectivity index (χ0v) is 13.2. The predicted molar refractivity (Wildman–Crippen MR) is 90.4 cm³/mol. The van der Waals surface area contributed by atoms with Crippen LogP contribution in [-0.2, 0) is 9.59 Å². The number of carbonyl (C=O) groups excluding carboxylic acids is 2. The van der Waals surface area contributed by atoms with Crippen LogP contribution in [0.3, 0.4) is 0 Å². The Hall–Kier alpha value is -2.95. The van der Waals surface area contributed by atoms with Crippen LogP contribution in [0.25, 0.3) is 6.08 Å². The molecular weight excluding hydrogens is 307 g/mol. The molecule has 1 N–H and O–H groups in total. The molecule has 1 aliphatic rings. The Labute approximate surface area is 139 Å². The first kappa shape index (κ1) is 15.9. The van der Waals surface area contributed by atoms with Crippen LogP contribution in [0.1, 0.15) is 30.5 Å². The molecule has 0 bridgehead atoms. The number of amides is 2. The molecule has 0 fully saturated rings. The quantitative estimate of drug-likeness (QED) is 0.935. The summed E-state index contributed by atoms with van der Waals surface area (Å²) in [4.78, 5) is 25.8. The Bertz CT molecular complexity index is 817. The topological polar surface area (TPSA) is 49.4 Å². The maximum absolute atomic E-state index is 13.7. The number of benzene rings is 2. The van der Waals surface area contributed by atoms with Crippen LogP contribution in [-0.4, -0.2) is 16.7 Å². The second-order valence-electron chi connectivity index (χ2n) is 5.62. The van der Waals surface area contributed by atoms with Crippen molar-refractivity contribution >= 4 is 23.6 Å². The number of nitrogens with zero attached hydrogens (tertiary/aromatic N) is 1. The number of fused-ring (bicyclic) bond motifs is 1. The molecule has 0 saturated carbocycles. The molecule has 2 aromatic carbocycles. The van der Waals surface area contributed by atoms with Gasteiger partial charge in [0.2, 0.25) is 11.8 Å². The lowest BCUT2D eigenvalue weighted by Crippen LogP contribution is -2.33. The van der Waals surface area contributed by atoms with Gasteiger partial charge >= 0.3 is 0 Å². The molecule has 1 aliphatic heterocycles. The number of halogens is 1. The Morgan fingerprint density at radius 3 is 2.58 bits per heavy atom. The van der Waals surface area contributed by atoms with Gasteiger partial charge in [-0.05, 0) is 29.3 Å². The number of hydrogen-bond donors (Lipinski definition) is 1. The highest BCUT2D eigenvalue weighted by Gasteiger charge is 2.28. The molecule has 5 heteroatoms. The molecule has 0 aliphatic carbocycles. The van der Waals surface area contributed by atoms with E-state index in [0.717, 1.165) is 11.1 Å². The maximum atomic E-state index is 13.7. The number of rotatable bonds is 3. The van der Waals surface area contributed by atoms with Gasteiger partial charge in [0, 0.05) is 13.1 Å². The first-order valence-corrected chi connectivity index (χ1v) is 7.66. The van der Waals surface area contributed by atoms with Gasteiger partial charge in [-0.1, -0.05) is 36.4 Å². The standard InChI is InChI=1S/C19H17FN2O2/c1-13(23)22-11-10-14-6-2-3-7-15(14)18(22)12-19(24)21-17-9-5-4-8-16(17)20/h2-11,18H,12H2,1H3,(H,21,24). The van der Waals surface area contributed by atoms with Crippen LogP contribution in [0.2, 0.25) is 0 Å². The normalized spacial score (nSPS) is 15.8. The third-order valence-electron chi connectivity index (χ3n) is 4.00. The van der Waals surface area contributed by atoms with Crippen molar-refractivity contribution in [3.63, 3.8) is 0 Å². The summed E-state index contributed by atoms with van der Waals surface area (Å²) in [5.41, 5.74) is 2.01. The van der Waals surface area contributed by atoms with Gasteiger partial charge < -0.3 is 10.2 Å². The number of anilines is 1. The lowest BCUT2D eigenvalue weighted by Gasteiger charge is -2.32. The molecule has 1 unspecified atom stereocenters. The lowest BCUT2D eigenvalue weighted by molar-refractivity contribution is -0.129. The fraction of sp³-hybridized carbons (Fsp3) is 0.158. The number of hydrogen-bond acceptors (Lipinski definition) is 2. The third kappa shape index (κ3) is 3.20. The molecule has 1 heterocycles. The van der Waals surface area contributed by atoms with E-state index >= 15 is 0 Å². The average molecular weight is 324 g/mol. The second-order valence-corrected chi connectivity index (χ2v) is 5.62. The second kappa shape index (κ2) is 6.66. The van der Waals surface area contributed by atoms with Crippen molar-refractivity contribution in [2.24, 2.45) is 0 Å². The monoisotopic (exact) mass is 324 g/mol. The Morgan fingerprint density at radius 1 is 1.12 bits per heavy atom. The molecule has 0 spiro atoms. The Morgan fingerprint density at radius 2 is 1.83 bits per heavy atom. The van der Waals surface area contributed by atoms with Gasteiger partial charge in [0.1, 0.15) is 5.82 Å². The van der Waals surface area contributed by atoms with Gasteiger partial charge in [-0.2, -0.15) is 0 Å². The summed E-state index contributed by atoms with van der Waals surface area (Å²) in [6.07, 6.45) is 3.59. The van der Waals surface area contributed by atoms with E-state index < -0.39 is 11.9 Å². The molecule has 4 nitrogen and oxygen atoms in total. The molecule has 2 amide bonds. The molecule has 2 aromatic rings. The highest BCUT2D eigenvalue weighted by atomic mass is 19.1. The van der Waals surface area contributed by atoms with Crippen molar-refractivity contribution in [3.05, 3.63) is 71.7 Å². The zero-order chi connectivity index (χ0) is 17.1. The lowest BCUT2D eigenvalue weighted by atomic mass is 9.93. The van der Waals surface area contributed by atoms with Crippen molar-refractivity contribution in [3.8, 4) is 0 Å². The number of para-hydroxylation sites is 1. The van der Waals surface area contributed by atoms with E-state index in [-0.39, 0.29) is 23.9 Å². The van der Waals surface area contributed by atoms with Gasteiger partial charge in [0.05, 0.1) is 18.2 Å². The first-order chi connectivity index (χ1) is 11.6. The van der Waals surface area contributed by atoms with Crippen LogP contribution in [0.4, 0.5) is 10.1 Å². The van der Waals surface area contributed by atoms with E-state index in [2.05, 4.69) is 5.32 Å². The van der Waals surface area contributed by atoms with E-state index in [9.17, 15) is 14.0 Å². The number of carbonyl (C=O) groups is 2. The first-order valence-electron chi connectivity index (χ1n) is 7.66. The van der Waals surface area contributed by atoms with Gasteiger partial charge in [-0.3, -0.25) is 9.59 Å². The average Bonchev–Trinajstić information content (AvgIpc) is 2.57. The third-order valence-corrected chi connectivity index (χ3v) is 4.00. The summed E-state index contributed by atoms with van der Waals surface area (Å²) in [7, 11) is 0. The summed E-state index contributed by atoms with van der Waals surface area (Å²) in [5, 5.41) is 2.57. The van der Waals surface area contributed by atoms with Crippen LogP contribution >= 0.6 is 0 Å². The largest absolute Gasteiger partial charge is 0.324 e. The Kier molecular flexibility index (Phi) is 4.42. The molecule has 0 radical (unpaired) electrons. The fourth-order valence-corrected chi connectivity index (χ4v) is 2.85. The van der Waals surface area contributed by atoms with E-state index in [4.69, 9.17) is 0 Å². The van der Waals surface area contributed by atoms with Crippen LogP contribution in [0.5, 0.6) is 0 Å². The van der Waals surface area contributed by atoms with Gasteiger partial charge in [0.15, 0.2) is 0 Å². The van der Waals surface area contributed by atoms with E-state index in [1.807, 2.05) is 30.3 Å². The van der Waals surface area contributed by atoms with Crippen molar-refractivity contribution in [2.75, 3.05) is 5.32 Å². The van der Waals surface area contributed by atoms with Crippen molar-refractivity contribution < 1.29 is 14.0 Å². The minimum absolute atomic E-state index is 0.0509. The van der Waals surface area contributed by atoms with Gasteiger partial charge in [-0.15, -0.1) is 0 Å². The minimum atomic E-state index is -0.488. The van der Waals surface area contributed by atoms with Crippen molar-refractivity contribution in [2.45, 2.75) is 19.4 Å². The van der Waals surface area contributed by atoms with E-state index in [1.165, 1.54) is 24.0 Å². The summed E-state index contributed by atoms with van der Waals surface area (Å²) < 4.78 is 13.7. The molecule has 1 atom stereocenters. The molecule has 122 valence electrons. The molecule has 0 aromatic heterocycles. The Balaban J connectivity index is 1.83. The molecule has 3 rings (SSSR count). The summed E-state index contributed by atoms with van der Waals surface area (Å²) >= 11 is 0. The molecule has 0 saturated heterocycles. The molecule has 24 heavy (non-hydrogen) atoms. The highest BCUT2D eigenvalue weighted by molar-refractivity contribution is 5.92. The van der Waals surface area contributed by atoms with Crippen LogP contribution < -0.4 is 5.32 Å². The van der Waals surface area contributed by atoms with Crippen LogP contribution in [0, 0.1) is 5.82 Å². The zero-order valence-electron chi connectivity index (χ0n) is 13.2. The fourth-order valence-electron chi connectivity index (χ4n) is 2.85. The smallest absolute Gasteiger partial charge is 0.226 e.